The highest BCUT2D eigenvalue weighted by molar-refractivity contribution is 7.89. The number of aromatic nitrogens is 2. The van der Waals surface area contributed by atoms with E-state index >= 15 is 0 Å². The zero-order valence-electron chi connectivity index (χ0n) is 17.9. The van der Waals surface area contributed by atoms with Crippen molar-refractivity contribution in [3.8, 4) is 11.5 Å². The number of benzene rings is 1. The Bertz CT molecular complexity index is 1190. The van der Waals surface area contributed by atoms with Crippen molar-refractivity contribution in [2.24, 2.45) is 7.05 Å². The van der Waals surface area contributed by atoms with Crippen LogP contribution in [0, 0.1) is 0 Å². The quantitative estimate of drug-likeness (QED) is 0.513. The van der Waals surface area contributed by atoms with Crippen molar-refractivity contribution < 1.29 is 31.1 Å². The highest BCUT2D eigenvalue weighted by Gasteiger charge is 2.31. The predicted molar refractivity (Wildman–Crippen MR) is 113 cm³/mol. The van der Waals surface area contributed by atoms with Crippen molar-refractivity contribution in [3.05, 3.63) is 30.6 Å². The zero-order valence-corrected chi connectivity index (χ0v) is 19.5. The zero-order chi connectivity index (χ0) is 23.5. The molecule has 1 amide bonds. The number of sulfonamides is 2. The summed E-state index contributed by atoms with van der Waals surface area (Å²) < 4.78 is 65.6. The van der Waals surface area contributed by atoms with Gasteiger partial charge in [-0.3, -0.25) is 9.48 Å². The molecule has 0 radical (unpaired) electrons. The fourth-order valence-electron chi connectivity index (χ4n) is 3.19. The summed E-state index contributed by atoms with van der Waals surface area (Å²) in [5.74, 6) is 0.263. The van der Waals surface area contributed by atoms with Crippen LogP contribution in [0.25, 0.3) is 0 Å². The van der Waals surface area contributed by atoms with E-state index in [1.807, 2.05) is 0 Å². The summed E-state index contributed by atoms with van der Waals surface area (Å²) in [6.45, 7) is 0.00908. The van der Waals surface area contributed by atoms with Crippen molar-refractivity contribution in [1.82, 2.24) is 23.7 Å². The maximum atomic E-state index is 13.0. The van der Waals surface area contributed by atoms with Gasteiger partial charge in [-0.1, -0.05) is 0 Å². The monoisotopic (exact) mass is 487 g/mol. The normalized spacial score (nSPS) is 15.5. The van der Waals surface area contributed by atoms with Crippen LogP contribution in [-0.2, 0) is 31.9 Å². The van der Waals surface area contributed by atoms with Crippen LogP contribution in [0.15, 0.2) is 40.4 Å². The van der Waals surface area contributed by atoms with Gasteiger partial charge in [0.1, 0.15) is 4.90 Å². The van der Waals surface area contributed by atoms with Gasteiger partial charge in [0.15, 0.2) is 11.5 Å². The number of carbonyl (C=O) groups excluding carboxylic acids is 1. The number of rotatable bonds is 8. The van der Waals surface area contributed by atoms with E-state index in [0.29, 0.717) is 11.5 Å². The van der Waals surface area contributed by atoms with E-state index in [1.54, 1.807) is 7.05 Å². The molecule has 1 N–H and O–H groups in total. The van der Waals surface area contributed by atoms with Crippen molar-refractivity contribution in [1.29, 1.82) is 0 Å². The molecule has 32 heavy (non-hydrogen) atoms. The molecule has 0 aliphatic carbocycles. The molecule has 3 rings (SSSR count). The highest BCUT2D eigenvalue weighted by Crippen LogP contribution is 2.30. The second-order valence-corrected chi connectivity index (χ2v) is 10.7. The largest absolute Gasteiger partial charge is 0.493 e. The Morgan fingerprint density at radius 3 is 2.25 bits per heavy atom. The lowest BCUT2D eigenvalue weighted by Crippen LogP contribution is -2.52. The fourth-order valence-corrected chi connectivity index (χ4v) is 5.59. The lowest BCUT2D eigenvalue weighted by atomic mass is 10.3. The van der Waals surface area contributed by atoms with Crippen molar-refractivity contribution in [2.45, 2.75) is 9.79 Å². The Labute approximate surface area is 186 Å². The molecular weight excluding hydrogens is 462 g/mol. The molecule has 0 atom stereocenters. The first-order chi connectivity index (χ1) is 15.1. The van der Waals surface area contributed by atoms with Crippen LogP contribution in [0.4, 0.5) is 0 Å². The molecule has 0 spiro atoms. The van der Waals surface area contributed by atoms with Crippen molar-refractivity contribution in [2.75, 3.05) is 46.9 Å². The second-order valence-electron chi connectivity index (χ2n) is 6.98. The number of ether oxygens (including phenoxy) is 2. The summed E-state index contributed by atoms with van der Waals surface area (Å²) in [6.07, 6.45) is 2.51. The number of piperazine rings is 1. The average Bonchev–Trinajstić information content (AvgIpc) is 3.24. The Balaban J connectivity index is 1.60. The number of carbonyl (C=O) groups is 1. The van der Waals surface area contributed by atoms with Gasteiger partial charge in [0, 0.05) is 45.5 Å². The number of hydrogen-bond acceptors (Lipinski definition) is 8. The number of nitrogens with one attached hydrogen (secondary N) is 1. The first kappa shape index (κ1) is 24.0. The van der Waals surface area contributed by atoms with E-state index < -0.39 is 32.5 Å². The second kappa shape index (κ2) is 9.44. The van der Waals surface area contributed by atoms with Gasteiger partial charge in [0.05, 0.1) is 31.9 Å². The number of methoxy groups -OCH3 is 2. The van der Waals surface area contributed by atoms with Crippen LogP contribution in [-0.4, -0.2) is 88.7 Å². The van der Waals surface area contributed by atoms with Crippen LogP contribution < -0.4 is 14.2 Å². The Morgan fingerprint density at radius 2 is 1.69 bits per heavy atom. The molecule has 12 nitrogen and oxygen atoms in total. The van der Waals surface area contributed by atoms with Crippen LogP contribution in [0.5, 0.6) is 11.5 Å². The summed E-state index contributed by atoms with van der Waals surface area (Å²) in [4.78, 5) is 13.9. The molecule has 1 fully saturated rings. The molecule has 1 aromatic heterocycles. The average molecular weight is 488 g/mol. The first-order valence-electron chi connectivity index (χ1n) is 9.57. The van der Waals surface area contributed by atoms with Gasteiger partial charge in [-0.05, 0) is 12.1 Å². The van der Waals surface area contributed by atoms with E-state index in [1.165, 1.54) is 58.7 Å². The van der Waals surface area contributed by atoms with E-state index in [0.717, 1.165) is 0 Å². The smallest absolute Gasteiger partial charge is 0.244 e. The molecule has 1 saturated heterocycles. The SMILES string of the molecule is COc1ccc(S(=O)(=O)N2CCN(C(=O)CNS(=O)(=O)c3cnn(C)c3)CC2)cc1OC. The lowest BCUT2D eigenvalue weighted by molar-refractivity contribution is -0.131. The van der Waals surface area contributed by atoms with Gasteiger partial charge in [0.2, 0.25) is 26.0 Å². The summed E-state index contributed by atoms with van der Waals surface area (Å²) in [5, 5.41) is 3.80. The Morgan fingerprint density at radius 1 is 1.03 bits per heavy atom. The third-order valence-electron chi connectivity index (χ3n) is 4.99. The standard InChI is InChI=1S/C18H25N5O7S2/c1-21-13-15(11-19-21)31(25,26)20-12-18(24)22-6-8-23(9-7-22)32(27,28)14-4-5-16(29-2)17(10-14)30-3/h4-5,10-11,13,20H,6-9,12H2,1-3H3. The molecule has 1 aliphatic heterocycles. The van der Waals surface area contributed by atoms with Gasteiger partial charge in [-0.2, -0.15) is 9.40 Å². The first-order valence-corrected chi connectivity index (χ1v) is 12.5. The Hall–Kier alpha value is -2.68. The topological polar surface area (TPSA) is 140 Å². The fraction of sp³-hybridized carbons (Fsp3) is 0.444. The van der Waals surface area contributed by atoms with Crippen LogP contribution in [0.3, 0.4) is 0 Å². The molecular formula is C18H25N5O7S2. The molecule has 14 heteroatoms. The van der Waals surface area contributed by atoms with E-state index in [2.05, 4.69) is 9.82 Å². The van der Waals surface area contributed by atoms with Crippen molar-refractivity contribution in [3.63, 3.8) is 0 Å². The molecule has 2 aromatic rings. The minimum atomic E-state index is -3.86. The predicted octanol–water partition coefficient (Wildman–Crippen LogP) is -0.751. The van der Waals surface area contributed by atoms with Gasteiger partial charge >= 0.3 is 0 Å². The Kier molecular flexibility index (Phi) is 7.07. The summed E-state index contributed by atoms with van der Waals surface area (Å²) >= 11 is 0. The van der Waals surface area contributed by atoms with Gasteiger partial charge in [-0.25, -0.2) is 21.6 Å². The molecule has 1 aromatic carbocycles. The number of aryl methyl sites for hydroxylation is 1. The van der Waals surface area contributed by atoms with Crippen LogP contribution >= 0.6 is 0 Å². The lowest BCUT2D eigenvalue weighted by Gasteiger charge is -2.34. The number of nitrogens with zero attached hydrogens (tertiary/aromatic N) is 4. The van der Waals surface area contributed by atoms with Crippen molar-refractivity contribution >= 4 is 26.0 Å². The van der Waals surface area contributed by atoms with E-state index in [-0.39, 0.29) is 36.0 Å². The maximum Gasteiger partial charge on any atom is 0.244 e. The van der Waals surface area contributed by atoms with E-state index in [9.17, 15) is 21.6 Å². The maximum absolute atomic E-state index is 13.0. The third kappa shape index (κ3) is 5.03. The van der Waals surface area contributed by atoms with Gasteiger partial charge in [0.25, 0.3) is 0 Å². The number of hydrogen-bond donors (Lipinski definition) is 1. The third-order valence-corrected chi connectivity index (χ3v) is 8.24. The van der Waals surface area contributed by atoms with E-state index in [4.69, 9.17) is 9.47 Å². The minimum absolute atomic E-state index is 0.0429. The molecule has 0 unspecified atom stereocenters. The summed E-state index contributed by atoms with van der Waals surface area (Å²) in [7, 11) is -3.21. The van der Waals surface area contributed by atoms with Gasteiger partial charge in [-0.15, -0.1) is 0 Å². The minimum Gasteiger partial charge on any atom is -0.493 e. The number of amides is 1. The molecule has 1 aliphatic rings. The molecule has 0 bridgehead atoms. The van der Waals surface area contributed by atoms with Crippen LogP contribution in [0.2, 0.25) is 0 Å². The molecule has 2 heterocycles. The van der Waals surface area contributed by atoms with Gasteiger partial charge < -0.3 is 14.4 Å². The highest BCUT2D eigenvalue weighted by atomic mass is 32.2. The van der Waals surface area contributed by atoms with Crippen LogP contribution in [0.1, 0.15) is 0 Å². The molecule has 176 valence electrons. The summed E-state index contributed by atoms with van der Waals surface area (Å²) in [5.41, 5.74) is 0. The molecule has 0 saturated carbocycles. The summed E-state index contributed by atoms with van der Waals surface area (Å²) in [6, 6.07) is 4.33.